The molecule has 1 aliphatic heterocycles. The van der Waals surface area contributed by atoms with E-state index >= 15 is 0 Å². The Labute approximate surface area is 177 Å². The lowest BCUT2D eigenvalue weighted by atomic mass is 9.86. The zero-order valence-electron chi connectivity index (χ0n) is 15.9. The first kappa shape index (κ1) is 18.7. The SMILES string of the molecule is O=C(NC[C@@](O)(c1ccsc1)c1ccco1)C1c2ccccc2Oc2ccccc21. The number of benzene rings is 2. The van der Waals surface area contributed by atoms with Crippen molar-refractivity contribution in [1.29, 1.82) is 0 Å². The van der Waals surface area contributed by atoms with E-state index in [-0.39, 0.29) is 12.5 Å². The standard InChI is InChI=1S/C24H19NO4S/c26-23(25-15-24(27,16-11-13-30-14-16)21-10-5-12-28-21)22-17-6-1-3-8-19(17)29-20-9-4-2-7-18(20)22/h1-14,22,27H,15H2,(H,25,26)/t24-/m1/s1. The first-order chi connectivity index (χ1) is 14.7. The van der Waals surface area contributed by atoms with Gasteiger partial charge in [0.25, 0.3) is 0 Å². The number of fused-ring (bicyclic) bond motifs is 2. The van der Waals surface area contributed by atoms with Crippen LogP contribution in [0.1, 0.15) is 28.4 Å². The average molecular weight is 417 g/mol. The number of carbonyl (C=O) groups is 1. The van der Waals surface area contributed by atoms with Crippen molar-refractivity contribution in [2.45, 2.75) is 11.5 Å². The highest BCUT2D eigenvalue weighted by atomic mass is 32.1. The number of ether oxygens (including phenoxy) is 1. The smallest absolute Gasteiger partial charge is 0.232 e. The number of hydrogen-bond donors (Lipinski definition) is 2. The minimum atomic E-state index is -1.45. The van der Waals surface area contributed by atoms with Gasteiger partial charge in [0.1, 0.15) is 17.3 Å². The summed E-state index contributed by atoms with van der Waals surface area (Å²) >= 11 is 1.48. The van der Waals surface area contributed by atoms with Gasteiger partial charge in [-0.2, -0.15) is 11.3 Å². The fraction of sp³-hybridized carbons (Fsp3) is 0.125. The summed E-state index contributed by atoms with van der Waals surface area (Å²) in [5, 5.41) is 18.1. The van der Waals surface area contributed by atoms with E-state index < -0.39 is 11.5 Å². The molecule has 150 valence electrons. The lowest BCUT2D eigenvalue weighted by Gasteiger charge is -2.30. The number of aliphatic hydroxyl groups is 1. The molecule has 0 spiro atoms. The zero-order chi connectivity index (χ0) is 20.6. The number of rotatable bonds is 5. The van der Waals surface area contributed by atoms with Crippen molar-refractivity contribution in [3.63, 3.8) is 0 Å². The summed E-state index contributed by atoms with van der Waals surface area (Å²) in [6.45, 7) is -0.0161. The third-order valence-electron chi connectivity index (χ3n) is 5.39. The van der Waals surface area contributed by atoms with E-state index in [1.54, 1.807) is 12.1 Å². The molecule has 30 heavy (non-hydrogen) atoms. The molecule has 4 aromatic rings. The van der Waals surface area contributed by atoms with Crippen LogP contribution in [-0.2, 0) is 10.4 Å². The molecule has 2 aromatic carbocycles. The summed E-state index contributed by atoms with van der Waals surface area (Å²) in [4.78, 5) is 13.4. The lowest BCUT2D eigenvalue weighted by molar-refractivity contribution is -0.123. The summed E-state index contributed by atoms with van der Waals surface area (Å²) in [6, 6.07) is 20.3. The van der Waals surface area contributed by atoms with Crippen LogP contribution in [0, 0.1) is 0 Å². The van der Waals surface area contributed by atoms with Crippen molar-refractivity contribution in [2.75, 3.05) is 6.54 Å². The predicted molar refractivity (Wildman–Crippen MR) is 114 cm³/mol. The molecular weight excluding hydrogens is 398 g/mol. The van der Waals surface area contributed by atoms with Crippen molar-refractivity contribution in [2.24, 2.45) is 0 Å². The summed E-state index contributed by atoms with van der Waals surface area (Å²) in [5.41, 5.74) is 0.815. The summed E-state index contributed by atoms with van der Waals surface area (Å²) in [5.74, 6) is 0.966. The number of carbonyl (C=O) groups excluding carboxylic acids is 1. The monoisotopic (exact) mass is 417 g/mol. The Bertz CT molecular complexity index is 1090. The van der Waals surface area contributed by atoms with Gasteiger partial charge in [0.2, 0.25) is 5.91 Å². The van der Waals surface area contributed by atoms with Crippen LogP contribution in [0.15, 0.2) is 88.2 Å². The van der Waals surface area contributed by atoms with Crippen molar-refractivity contribution >= 4 is 17.2 Å². The average Bonchev–Trinajstić information content (AvgIpc) is 3.50. The molecule has 0 unspecified atom stereocenters. The van der Waals surface area contributed by atoms with Gasteiger partial charge in [-0.15, -0.1) is 0 Å². The molecule has 0 fully saturated rings. The summed E-state index contributed by atoms with van der Waals surface area (Å²) in [7, 11) is 0. The van der Waals surface area contributed by atoms with E-state index in [0.29, 0.717) is 22.8 Å². The molecule has 0 aliphatic carbocycles. The van der Waals surface area contributed by atoms with Gasteiger partial charge in [-0.05, 0) is 41.1 Å². The Morgan fingerprint density at radius 2 is 1.70 bits per heavy atom. The first-order valence-corrected chi connectivity index (χ1v) is 10.5. The van der Waals surface area contributed by atoms with Crippen LogP contribution >= 0.6 is 11.3 Å². The molecule has 0 bridgehead atoms. The fourth-order valence-electron chi connectivity index (χ4n) is 3.85. The Kier molecular flexibility index (Phi) is 4.65. The van der Waals surface area contributed by atoms with Gasteiger partial charge >= 0.3 is 0 Å². The Balaban J connectivity index is 1.47. The van der Waals surface area contributed by atoms with Gasteiger partial charge in [0.05, 0.1) is 18.7 Å². The van der Waals surface area contributed by atoms with Crippen molar-refractivity contribution in [3.8, 4) is 11.5 Å². The minimum absolute atomic E-state index is 0.0161. The quantitative estimate of drug-likeness (QED) is 0.497. The molecule has 1 atom stereocenters. The molecule has 1 aliphatic rings. The van der Waals surface area contributed by atoms with E-state index in [4.69, 9.17) is 9.15 Å². The van der Waals surface area contributed by atoms with E-state index in [0.717, 1.165) is 11.1 Å². The van der Waals surface area contributed by atoms with E-state index in [9.17, 15) is 9.90 Å². The first-order valence-electron chi connectivity index (χ1n) is 9.59. The van der Waals surface area contributed by atoms with Crippen LogP contribution in [0.5, 0.6) is 11.5 Å². The zero-order valence-corrected chi connectivity index (χ0v) is 16.8. The van der Waals surface area contributed by atoms with Crippen LogP contribution in [0.4, 0.5) is 0 Å². The Morgan fingerprint density at radius 1 is 1.00 bits per heavy atom. The van der Waals surface area contributed by atoms with Crippen molar-refractivity contribution < 1.29 is 19.1 Å². The molecule has 5 rings (SSSR count). The van der Waals surface area contributed by atoms with Crippen LogP contribution in [0.3, 0.4) is 0 Å². The maximum absolute atomic E-state index is 13.4. The molecule has 2 N–H and O–H groups in total. The minimum Gasteiger partial charge on any atom is -0.466 e. The third kappa shape index (κ3) is 3.10. The highest BCUT2D eigenvalue weighted by Crippen LogP contribution is 2.44. The largest absolute Gasteiger partial charge is 0.466 e. The van der Waals surface area contributed by atoms with Crippen molar-refractivity contribution in [1.82, 2.24) is 5.32 Å². The van der Waals surface area contributed by atoms with Crippen LogP contribution in [0.2, 0.25) is 0 Å². The molecule has 6 heteroatoms. The number of furan rings is 1. The molecule has 0 saturated carbocycles. The summed E-state index contributed by atoms with van der Waals surface area (Å²) < 4.78 is 11.5. The lowest BCUT2D eigenvalue weighted by Crippen LogP contribution is -2.43. The maximum atomic E-state index is 13.4. The fourth-order valence-corrected chi connectivity index (χ4v) is 4.58. The normalized spacial score (nSPS) is 14.8. The van der Waals surface area contributed by atoms with Gasteiger partial charge in [-0.3, -0.25) is 4.79 Å². The number of para-hydroxylation sites is 2. The topological polar surface area (TPSA) is 71.7 Å². The highest BCUT2D eigenvalue weighted by Gasteiger charge is 2.38. The highest BCUT2D eigenvalue weighted by molar-refractivity contribution is 7.08. The molecule has 0 radical (unpaired) electrons. The predicted octanol–water partition coefficient (Wildman–Crippen LogP) is 4.63. The van der Waals surface area contributed by atoms with E-state index in [2.05, 4.69) is 5.32 Å². The van der Waals surface area contributed by atoms with Crippen LogP contribution in [-0.4, -0.2) is 17.6 Å². The molecule has 0 saturated heterocycles. The van der Waals surface area contributed by atoms with E-state index in [1.165, 1.54) is 17.6 Å². The molecule has 1 amide bonds. The third-order valence-corrected chi connectivity index (χ3v) is 6.07. The van der Waals surface area contributed by atoms with Gasteiger partial charge in [0.15, 0.2) is 5.60 Å². The Hall–Kier alpha value is -3.35. The number of nitrogens with one attached hydrogen (secondary N) is 1. The second-order valence-electron chi connectivity index (χ2n) is 7.18. The molecule has 3 heterocycles. The van der Waals surface area contributed by atoms with E-state index in [1.807, 2.05) is 65.4 Å². The van der Waals surface area contributed by atoms with Gasteiger partial charge in [-0.1, -0.05) is 36.4 Å². The molecule has 5 nitrogen and oxygen atoms in total. The van der Waals surface area contributed by atoms with Crippen molar-refractivity contribution in [3.05, 3.63) is 106 Å². The number of amides is 1. The number of thiophene rings is 1. The number of hydrogen-bond acceptors (Lipinski definition) is 5. The second-order valence-corrected chi connectivity index (χ2v) is 7.96. The van der Waals surface area contributed by atoms with Gasteiger partial charge in [0, 0.05) is 16.7 Å². The van der Waals surface area contributed by atoms with Gasteiger partial charge < -0.3 is 19.6 Å². The van der Waals surface area contributed by atoms with Gasteiger partial charge in [-0.25, -0.2) is 0 Å². The maximum Gasteiger partial charge on any atom is 0.232 e. The second kappa shape index (κ2) is 7.48. The summed E-state index contributed by atoms with van der Waals surface area (Å²) in [6.07, 6.45) is 1.51. The molecule has 2 aromatic heterocycles. The molecular formula is C24H19NO4S. The van der Waals surface area contributed by atoms with Crippen LogP contribution in [0.25, 0.3) is 0 Å². The Morgan fingerprint density at radius 3 is 2.30 bits per heavy atom. The van der Waals surface area contributed by atoms with Crippen LogP contribution < -0.4 is 10.1 Å².